The number of hydrogen-bond acceptors (Lipinski definition) is 1. The lowest BCUT2D eigenvalue weighted by Gasteiger charge is -2.26. The summed E-state index contributed by atoms with van der Waals surface area (Å²) in [5.41, 5.74) is 11.7. The molecule has 0 N–H and O–H groups in total. The van der Waals surface area contributed by atoms with Gasteiger partial charge in [-0.1, -0.05) is 140 Å². The molecular formula is C46H32N2. The maximum atomic E-state index is 2.46. The zero-order chi connectivity index (χ0) is 31.9. The molecular weight excluding hydrogens is 581 g/mol. The minimum atomic E-state index is 1.10. The highest BCUT2D eigenvalue weighted by atomic mass is 15.1. The van der Waals surface area contributed by atoms with Gasteiger partial charge in [0.2, 0.25) is 0 Å². The molecule has 0 aliphatic heterocycles. The highest BCUT2D eigenvalue weighted by Crippen LogP contribution is 2.45. The quantitative estimate of drug-likeness (QED) is 0.181. The molecule has 0 aliphatic carbocycles. The summed E-state index contributed by atoms with van der Waals surface area (Å²) in [4.78, 5) is 2.36. The van der Waals surface area contributed by atoms with Crippen LogP contribution < -0.4 is 4.90 Å². The first kappa shape index (κ1) is 27.9. The maximum absolute atomic E-state index is 2.46. The summed E-state index contributed by atoms with van der Waals surface area (Å²) in [7, 11) is 0. The lowest BCUT2D eigenvalue weighted by atomic mass is 9.95. The average molecular weight is 613 g/mol. The van der Waals surface area contributed by atoms with Crippen molar-refractivity contribution in [2.24, 2.45) is 0 Å². The van der Waals surface area contributed by atoms with Crippen molar-refractivity contribution in [3.05, 3.63) is 194 Å². The Morgan fingerprint density at radius 3 is 1.62 bits per heavy atom. The molecule has 1 heterocycles. The van der Waals surface area contributed by atoms with Crippen LogP contribution in [0, 0.1) is 0 Å². The lowest BCUT2D eigenvalue weighted by molar-refractivity contribution is 1.18. The van der Waals surface area contributed by atoms with Crippen molar-refractivity contribution < 1.29 is 0 Å². The first-order valence-electron chi connectivity index (χ1n) is 16.4. The second-order valence-corrected chi connectivity index (χ2v) is 12.2. The minimum Gasteiger partial charge on any atom is -0.310 e. The Hall–Kier alpha value is -6.38. The first-order valence-corrected chi connectivity index (χ1v) is 16.4. The molecule has 226 valence electrons. The third-order valence-corrected chi connectivity index (χ3v) is 9.34. The predicted octanol–water partition coefficient (Wildman–Crippen LogP) is 12.7. The van der Waals surface area contributed by atoms with Crippen LogP contribution in [0.25, 0.3) is 60.5 Å². The average Bonchev–Trinajstić information content (AvgIpc) is 3.51. The predicted molar refractivity (Wildman–Crippen MR) is 204 cm³/mol. The van der Waals surface area contributed by atoms with Gasteiger partial charge >= 0.3 is 0 Å². The fourth-order valence-corrected chi connectivity index (χ4v) is 7.16. The van der Waals surface area contributed by atoms with Crippen LogP contribution in [0.5, 0.6) is 0 Å². The summed E-state index contributed by atoms with van der Waals surface area (Å²) in [5, 5.41) is 4.97. The van der Waals surface area contributed by atoms with Gasteiger partial charge in [-0.15, -0.1) is 0 Å². The highest BCUT2D eigenvalue weighted by Gasteiger charge is 2.21. The Morgan fingerprint density at radius 1 is 0.375 bits per heavy atom. The number of hydrogen-bond donors (Lipinski definition) is 0. The molecule has 0 atom stereocenters. The number of benzene rings is 8. The van der Waals surface area contributed by atoms with Gasteiger partial charge in [0, 0.05) is 38.9 Å². The highest BCUT2D eigenvalue weighted by molar-refractivity contribution is 6.24. The van der Waals surface area contributed by atoms with Crippen LogP contribution in [0.3, 0.4) is 0 Å². The van der Waals surface area contributed by atoms with Gasteiger partial charge in [-0.3, -0.25) is 0 Å². The SMILES string of the molecule is c1ccc(-c2ccc(N(c3ccccc3)c3ccc4c5c(-c6ccccc6)cc6ccccc6c5n(-c5ccccc5)c4c3)cc2)cc1. The van der Waals surface area contributed by atoms with Gasteiger partial charge in [0.1, 0.15) is 0 Å². The molecule has 0 saturated carbocycles. The lowest BCUT2D eigenvalue weighted by Crippen LogP contribution is -2.10. The van der Waals surface area contributed by atoms with Crippen LogP contribution >= 0.6 is 0 Å². The van der Waals surface area contributed by atoms with Gasteiger partial charge in [0.05, 0.1) is 11.0 Å². The summed E-state index contributed by atoms with van der Waals surface area (Å²) in [6.07, 6.45) is 0. The largest absolute Gasteiger partial charge is 0.310 e. The third-order valence-electron chi connectivity index (χ3n) is 9.34. The van der Waals surface area contributed by atoms with E-state index in [9.17, 15) is 0 Å². The molecule has 0 bridgehead atoms. The fourth-order valence-electron chi connectivity index (χ4n) is 7.16. The number of aromatic nitrogens is 1. The second-order valence-electron chi connectivity index (χ2n) is 12.2. The fraction of sp³-hybridized carbons (Fsp3) is 0. The first-order chi connectivity index (χ1) is 23.8. The van der Waals surface area contributed by atoms with Crippen LogP contribution in [0.15, 0.2) is 194 Å². The Balaban J connectivity index is 1.34. The molecule has 9 aromatic rings. The van der Waals surface area contributed by atoms with Crippen molar-refractivity contribution in [1.29, 1.82) is 0 Å². The number of fused-ring (bicyclic) bond motifs is 5. The van der Waals surface area contributed by atoms with E-state index in [4.69, 9.17) is 0 Å². The summed E-state index contributed by atoms with van der Waals surface area (Å²) in [5.74, 6) is 0. The minimum absolute atomic E-state index is 1.10. The second kappa shape index (κ2) is 11.8. The summed E-state index contributed by atoms with van der Waals surface area (Å²) in [6.45, 7) is 0. The number of para-hydroxylation sites is 2. The zero-order valence-electron chi connectivity index (χ0n) is 26.4. The van der Waals surface area contributed by atoms with Crippen LogP contribution in [0.1, 0.15) is 0 Å². The van der Waals surface area contributed by atoms with Crippen molar-refractivity contribution >= 4 is 49.6 Å². The van der Waals surface area contributed by atoms with E-state index in [1.165, 1.54) is 54.8 Å². The van der Waals surface area contributed by atoms with Crippen molar-refractivity contribution in [2.45, 2.75) is 0 Å². The van der Waals surface area contributed by atoms with E-state index >= 15 is 0 Å². The molecule has 0 fully saturated rings. The Morgan fingerprint density at radius 2 is 0.917 bits per heavy atom. The van der Waals surface area contributed by atoms with Crippen molar-refractivity contribution in [1.82, 2.24) is 4.57 Å². The monoisotopic (exact) mass is 612 g/mol. The molecule has 0 spiro atoms. The molecule has 1 aromatic heterocycles. The van der Waals surface area contributed by atoms with Crippen LogP contribution in [-0.4, -0.2) is 4.57 Å². The van der Waals surface area contributed by atoms with Crippen LogP contribution in [0.2, 0.25) is 0 Å². The van der Waals surface area contributed by atoms with E-state index in [0.717, 1.165) is 22.7 Å². The van der Waals surface area contributed by atoms with Gasteiger partial charge in [0.25, 0.3) is 0 Å². The molecule has 0 aliphatic rings. The summed E-state index contributed by atoms with van der Waals surface area (Å²) in [6, 6.07) is 69.8. The summed E-state index contributed by atoms with van der Waals surface area (Å²) >= 11 is 0. The molecule has 0 saturated heterocycles. The molecule has 9 rings (SSSR count). The molecule has 0 unspecified atom stereocenters. The van der Waals surface area contributed by atoms with E-state index in [-0.39, 0.29) is 0 Å². The topological polar surface area (TPSA) is 8.17 Å². The number of nitrogens with zero attached hydrogens (tertiary/aromatic N) is 2. The van der Waals surface area contributed by atoms with Crippen molar-refractivity contribution in [2.75, 3.05) is 4.90 Å². The van der Waals surface area contributed by atoms with Gasteiger partial charge in [-0.05, 0) is 82.2 Å². The molecule has 8 aromatic carbocycles. The zero-order valence-corrected chi connectivity index (χ0v) is 26.4. The van der Waals surface area contributed by atoms with Crippen molar-refractivity contribution in [3.63, 3.8) is 0 Å². The van der Waals surface area contributed by atoms with E-state index < -0.39 is 0 Å². The normalized spacial score (nSPS) is 11.3. The van der Waals surface area contributed by atoms with E-state index in [2.05, 4.69) is 204 Å². The van der Waals surface area contributed by atoms with Crippen LogP contribution in [0.4, 0.5) is 17.1 Å². The Kier molecular flexibility index (Phi) is 6.84. The molecule has 2 heteroatoms. The standard InChI is InChI=1S/C46H32N2/c1-5-15-33(16-6-1)34-25-27-39(28-26-34)47(37-20-9-3-10-21-37)40-29-30-42-44(32-40)48(38-22-11-4-12-23-38)46-41-24-14-13-19-36(41)31-43(45(42)46)35-17-7-2-8-18-35/h1-32H. The smallest absolute Gasteiger partial charge is 0.0625 e. The Bertz CT molecular complexity index is 2520. The molecule has 2 nitrogen and oxygen atoms in total. The molecule has 48 heavy (non-hydrogen) atoms. The number of anilines is 3. The van der Waals surface area contributed by atoms with Gasteiger partial charge in [-0.2, -0.15) is 0 Å². The van der Waals surface area contributed by atoms with Crippen LogP contribution in [-0.2, 0) is 0 Å². The number of rotatable bonds is 6. The van der Waals surface area contributed by atoms with E-state index in [1.807, 2.05) is 0 Å². The Labute approximate surface area is 280 Å². The van der Waals surface area contributed by atoms with Gasteiger partial charge < -0.3 is 9.47 Å². The molecule has 0 radical (unpaired) electrons. The molecule has 0 amide bonds. The third kappa shape index (κ3) is 4.74. The van der Waals surface area contributed by atoms with Gasteiger partial charge in [-0.25, -0.2) is 0 Å². The van der Waals surface area contributed by atoms with E-state index in [0.29, 0.717) is 0 Å². The maximum Gasteiger partial charge on any atom is 0.0625 e. The van der Waals surface area contributed by atoms with E-state index in [1.54, 1.807) is 0 Å². The van der Waals surface area contributed by atoms with Crippen molar-refractivity contribution in [3.8, 4) is 27.9 Å². The summed E-state index contributed by atoms with van der Waals surface area (Å²) < 4.78 is 2.46. The van der Waals surface area contributed by atoms with Gasteiger partial charge in [0.15, 0.2) is 0 Å².